The molecule has 1 aliphatic heterocycles. The fraction of sp³-hybridized carbons (Fsp3) is 0.500. The van der Waals surface area contributed by atoms with E-state index in [0.29, 0.717) is 6.54 Å². The van der Waals surface area contributed by atoms with Crippen LogP contribution in [-0.2, 0) is 11.3 Å². The summed E-state index contributed by atoms with van der Waals surface area (Å²) < 4.78 is 1.06. The van der Waals surface area contributed by atoms with E-state index in [1.54, 1.807) is 0 Å². The van der Waals surface area contributed by atoms with Gasteiger partial charge in [0.1, 0.15) is 0 Å². The standard InChI is InChI=1S/C14H19BrN2O.ClH/c1-17(10-11-5-7-12(15)8-6-11)14(18)13-4-2-3-9-16-13;/h5-8,13,16H,2-4,9-10H2,1H3;1H. The molecule has 0 saturated carbocycles. The number of nitrogens with one attached hydrogen (secondary N) is 1. The van der Waals surface area contributed by atoms with Crippen LogP contribution in [0.25, 0.3) is 0 Å². The van der Waals surface area contributed by atoms with Gasteiger partial charge in [0.05, 0.1) is 6.04 Å². The first-order valence-electron chi connectivity index (χ1n) is 6.39. The van der Waals surface area contributed by atoms with Crippen LogP contribution in [0.4, 0.5) is 0 Å². The van der Waals surface area contributed by atoms with Crippen molar-refractivity contribution in [1.82, 2.24) is 10.2 Å². The molecule has 1 unspecified atom stereocenters. The highest BCUT2D eigenvalue weighted by molar-refractivity contribution is 9.10. The van der Waals surface area contributed by atoms with Crippen molar-refractivity contribution in [1.29, 1.82) is 0 Å². The van der Waals surface area contributed by atoms with Gasteiger partial charge in [-0.15, -0.1) is 12.4 Å². The van der Waals surface area contributed by atoms with Crippen molar-refractivity contribution in [2.24, 2.45) is 0 Å². The van der Waals surface area contributed by atoms with Crippen molar-refractivity contribution < 1.29 is 4.79 Å². The lowest BCUT2D eigenvalue weighted by atomic mass is 10.0. The zero-order valence-electron chi connectivity index (χ0n) is 11.1. The van der Waals surface area contributed by atoms with Crippen LogP contribution in [0.3, 0.4) is 0 Å². The lowest BCUT2D eigenvalue weighted by Gasteiger charge is -2.27. The van der Waals surface area contributed by atoms with E-state index in [2.05, 4.69) is 21.2 Å². The van der Waals surface area contributed by atoms with E-state index < -0.39 is 0 Å². The number of carbonyl (C=O) groups excluding carboxylic acids is 1. The molecule has 0 radical (unpaired) electrons. The highest BCUT2D eigenvalue weighted by Crippen LogP contribution is 2.14. The minimum Gasteiger partial charge on any atom is -0.340 e. The zero-order chi connectivity index (χ0) is 13.0. The Hall–Kier alpha value is -0.580. The SMILES string of the molecule is CN(Cc1ccc(Br)cc1)C(=O)C1CCCCN1.Cl. The molecule has 1 N–H and O–H groups in total. The van der Waals surface area contributed by atoms with Gasteiger partial charge in [0.15, 0.2) is 0 Å². The van der Waals surface area contributed by atoms with E-state index in [1.165, 1.54) is 6.42 Å². The van der Waals surface area contributed by atoms with Crippen LogP contribution in [-0.4, -0.2) is 30.4 Å². The maximum absolute atomic E-state index is 12.2. The number of hydrogen-bond acceptors (Lipinski definition) is 2. The predicted molar refractivity (Wildman–Crippen MR) is 83.5 cm³/mol. The van der Waals surface area contributed by atoms with Crippen molar-refractivity contribution in [3.05, 3.63) is 34.3 Å². The fourth-order valence-electron chi connectivity index (χ4n) is 2.27. The summed E-state index contributed by atoms with van der Waals surface area (Å²) in [6.45, 7) is 1.63. The molecule has 2 rings (SSSR count). The lowest BCUT2D eigenvalue weighted by molar-refractivity contribution is -0.133. The molecule has 5 heteroatoms. The Morgan fingerprint density at radius 1 is 1.37 bits per heavy atom. The second-order valence-corrected chi connectivity index (χ2v) is 5.74. The van der Waals surface area contributed by atoms with Gasteiger partial charge in [0.2, 0.25) is 5.91 Å². The van der Waals surface area contributed by atoms with Gasteiger partial charge in [0.25, 0.3) is 0 Å². The molecule has 1 aromatic carbocycles. The summed E-state index contributed by atoms with van der Waals surface area (Å²) >= 11 is 3.41. The number of halogens is 2. The molecule has 106 valence electrons. The van der Waals surface area contributed by atoms with Gasteiger partial charge in [-0.3, -0.25) is 4.79 Å². The Morgan fingerprint density at radius 3 is 2.63 bits per heavy atom. The first-order chi connectivity index (χ1) is 8.66. The molecule has 19 heavy (non-hydrogen) atoms. The van der Waals surface area contributed by atoms with Crippen molar-refractivity contribution >= 4 is 34.2 Å². The van der Waals surface area contributed by atoms with Crippen LogP contribution in [0.1, 0.15) is 24.8 Å². The normalized spacial score (nSPS) is 18.5. The van der Waals surface area contributed by atoms with Gasteiger partial charge < -0.3 is 10.2 Å². The summed E-state index contributed by atoms with van der Waals surface area (Å²) in [5.74, 6) is 0.206. The van der Waals surface area contributed by atoms with Gasteiger partial charge in [-0.25, -0.2) is 0 Å². The van der Waals surface area contributed by atoms with Crippen LogP contribution in [0.15, 0.2) is 28.7 Å². The van der Waals surface area contributed by atoms with E-state index in [4.69, 9.17) is 0 Å². The first-order valence-corrected chi connectivity index (χ1v) is 7.19. The summed E-state index contributed by atoms with van der Waals surface area (Å²) in [6, 6.07) is 8.11. The van der Waals surface area contributed by atoms with Gasteiger partial charge in [-0.05, 0) is 37.1 Å². The number of nitrogens with zero attached hydrogens (tertiary/aromatic N) is 1. The number of carbonyl (C=O) groups is 1. The van der Waals surface area contributed by atoms with Crippen molar-refractivity contribution in [2.45, 2.75) is 31.8 Å². The van der Waals surface area contributed by atoms with Gasteiger partial charge in [-0.1, -0.05) is 34.5 Å². The quantitative estimate of drug-likeness (QED) is 0.911. The Bertz CT molecular complexity index is 404. The molecule has 1 aliphatic rings. The number of piperidine rings is 1. The average molecular weight is 348 g/mol. The van der Waals surface area contributed by atoms with E-state index in [0.717, 1.165) is 29.4 Å². The van der Waals surface area contributed by atoms with Crippen LogP contribution in [0.5, 0.6) is 0 Å². The molecule has 1 atom stereocenters. The minimum atomic E-state index is 0. The van der Waals surface area contributed by atoms with Crippen molar-refractivity contribution in [3.63, 3.8) is 0 Å². The van der Waals surface area contributed by atoms with Crippen LogP contribution in [0.2, 0.25) is 0 Å². The zero-order valence-corrected chi connectivity index (χ0v) is 13.5. The van der Waals surface area contributed by atoms with Gasteiger partial charge >= 0.3 is 0 Å². The minimum absolute atomic E-state index is 0. The number of rotatable bonds is 3. The molecule has 3 nitrogen and oxygen atoms in total. The monoisotopic (exact) mass is 346 g/mol. The number of likely N-dealkylation sites (N-methyl/N-ethyl adjacent to an activating group) is 1. The van der Waals surface area contributed by atoms with Gasteiger partial charge in [-0.2, -0.15) is 0 Å². The molecular formula is C14H20BrClN2O. The predicted octanol–water partition coefficient (Wildman–Crippen LogP) is 2.97. The lowest BCUT2D eigenvalue weighted by Crippen LogP contribution is -2.46. The largest absolute Gasteiger partial charge is 0.340 e. The third-order valence-corrected chi connectivity index (χ3v) is 3.85. The Balaban J connectivity index is 0.00000180. The number of amides is 1. The third kappa shape index (κ3) is 4.79. The maximum atomic E-state index is 12.2. The number of benzene rings is 1. The van der Waals surface area contributed by atoms with E-state index in [9.17, 15) is 4.79 Å². The van der Waals surface area contributed by atoms with Crippen LogP contribution < -0.4 is 5.32 Å². The van der Waals surface area contributed by atoms with Crippen LogP contribution >= 0.6 is 28.3 Å². The van der Waals surface area contributed by atoms with Crippen molar-refractivity contribution in [2.75, 3.05) is 13.6 Å². The second kappa shape index (κ2) is 7.88. The highest BCUT2D eigenvalue weighted by Gasteiger charge is 2.23. The van der Waals surface area contributed by atoms with Gasteiger partial charge in [0, 0.05) is 18.1 Å². The first kappa shape index (κ1) is 16.5. The molecule has 0 bridgehead atoms. The summed E-state index contributed by atoms with van der Waals surface area (Å²) in [4.78, 5) is 14.0. The number of hydrogen-bond donors (Lipinski definition) is 1. The Morgan fingerprint density at radius 2 is 2.05 bits per heavy atom. The Kier molecular flexibility index (Phi) is 6.83. The maximum Gasteiger partial charge on any atom is 0.239 e. The van der Waals surface area contributed by atoms with E-state index in [-0.39, 0.29) is 24.4 Å². The van der Waals surface area contributed by atoms with Crippen LogP contribution in [0, 0.1) is 0 Å². The molecule has 0 spiro atoms. The molecular weight excluding hydrogens is 328 g/mol. The molecule has 1 amide bonds. The molecule has 1 saturated heterocycles. The summed E-state index contributed by atoms with van der Waals surface area (Å²) in [6.07, 6.45) is 3.29. The Labute approximate surface area is 129 Å². The molecule has 1 heterocycles. The van der Waals surface area contributed by atoms with E-state index >= 15 is 0 Å². The van der Waals surface area contributed by atoms with E-state index in [1.807, 2.05) is 36.2 Å². The van der Waals surface area contributed by atoms with Crippen molar-refractivity contribution in [3.8, 4) is 0 Å². The summed E-state index contributed by atoms with van der Waals surface area (Å²) in [5.41, 5.74) is 1.16. The highest BCUT2D eigenvalue weighted by atomic mass is 79.9. The molecule has 0 aliphatic carbocycles. The molecule has 1 aromatic rings. The molecule has 0 aromatic heterocycles. The second-order valence-electron chi connectivity index (χ2n) is 4.82. The average Bonchev–Trinajstić information content (AvgIpc) is 2.41. The fourth-order valence-corrected chi connectivity index (χ4v) is 2.53. The summed E-state index contributed by atoms with van der Waals surface area (Å²) in [7, 11) is 1.88. The third-order valence-electron chi connectivity index (χ3n) is 3.32. The summed E-state index contributed by atoms with van der Waals surface area (Å²) in [5, 5.41) is 3.30. The smallest absolute Gasteiger partial charge is 0.239 e. The molecule has 1 fully saturated rings. The topological polar surface area (TPSA) is 32.3 Å².